The molecule has 0 aromatic rings. The fourth-order valence-electron chi connectivity index (χ4n) is 1.40. The Morgan fingerprint density at radius 1 is 1.75 bits per heavy atom. The standard InChI is InChI=1S/C8H15NO3/c1-7-4-9(6-11)8(2-3-10)5-12-7/h6-8,10H,2-5H2,1H3/t7-,8-/m0/s1. The number of hydrogen-bond acceptors (Lipinski definition) is 3. The monoisotopic (exact) mass is 173 g/mol. The molecule has 0 aromatic heterocycles. The Morgan fingerprint density at radius 3 is 3.08 bits per heavy atom. The van der Waals surface area contributed by atoms with Crippen molar-refractivity contribution >= 4 is 6.41 Å². The van der Waals surface area contributed by atoms with Crippen LogP contribution < -0.4 is 0 Å². The number of aliphatic hydroxyl groups is 1. The number of carbonyl (C=O) groups is 1. The molecule has 70 valence electrons. The van der Waals surface area contributed by atoms with Crippen LogP contribution in [0.1, 0.15) is 13.3 Å². The van der Waals surface area contributed by atoms with Crippen molar-refractivity contribution in [3.05, 3.63) is 0 Å². The molecule has 0 spiro atoms. The third-order valence-corrected chi connectivity index (χ3v) is 2.11. The molecule has 1 aliphatic heterocycles. The molecule has 0 aromatic carbocycles. The van der Waals surface area contributed by atoms with Crippen LogP contribution in [0.2, 0.25) is 0 Å². The van der Waals surface area contributed by atoms with Gasteiger partial charge in [0, 0.05) is 13.2 Å². The highest BCUT2D eigenvalue weighted by Gasteiger charge is 2.24. The van der Waals surface area contributed by atoms with Crippen molar-refractivity contribution in [2.45, 2.75) is 25.5 Å². The van der Waals surface area contributed by atoms with Gasteiger partial charge in [0.2, 0.25) is 6.41 Å². The predicted molar refractivity (Wildman–Crippen MR) is 43.7 cm³/mol. The highest BCUT2D eigenvalue weighted by Crippen LogP contribution is 2.11. The summed E-state index contributed by atoms with van der Waals surface area (Å²) in [5.74, 6) is 0. The van der Waals surface area contributed by atoms with E-state index in [9.17, 15) is 4.79 Å². The molecule has 0 bridgehead atoms. The molecule has 2 atom stereocenters. The van der Waals surface area contributed by atoms with Gasteiger partial charge in [0.05, 0.1) is 18.8 Å². The molecule has 1 N–H and O–H groups in total. The fourth-order valence-corrected chi connectivity index (χ4v) is 1.40. The molecule has 4 heteroatoms. The van der Waals surface area contributed by atoms with Crippen LogP contribution in [0.5, 0.6) is 0 Å². The summed E-state index contributed by atoms with van der Waals surface area (Å²) >= 11 is 0. The minimum atomic E-state index is 0.0590. The first kappa shape index (κ1) is 9.48. The lowest BCUT2D eigenvalue weighted by Gasteiger charge is -2.35. The quantitative estimate of drug-likeness (QED) is 0.591. The molecule has 0 aliphatic carbocycles. The number of nitrogens with zero attached hydrogens (tertiary/aromatic N) is 1. The van der Waals surface area contributed by atoms with Crippen molar-refractivity contribution in [3.8, 4) is 0 Å². The van der Waals surface area contributed by atoms with E-state index in [-0.39, 0.29) is 18.8 Å². The summed E-state index contributed by atoms with van der Waals surface area (Å²) in [7, 11) is 0. The van der Waals surface area contributed by atoms with E-state index < -0.39 is 0 Å². The summed E-state index contributed by atoms with van der Waals surface area (Å²) in [6, 6.07) is 0.0590. The summed E-state index contributed by atoms with van der Waals surface area (Å²) < 4.78 is 5.36. The van der Waals surface area contributed by atoms with E-state index in [1.807, 2.05) is 6.92 Å². The lowest BCUT2D eigenvalue weighted by molar-refractivity contribution is -0.131. The summed E-state index contributed by atoms with van der Waals surface area (Å²) in [4.78, 5) is 12.3. The number of amides is 1. The maximum atomic E-state index is 10.6. The Hall–Kier alpha value is -0.610. The molecule has 1 aliphatic rings. The van der Waals surface area contributed by atoms with E-state index in [4.69, 9.17) is 9.84 Å². The topological polar surface area (TPSA) is 49.8 Å². The lowest BCUT2D eigenvalue weighted by atomic mass is 10.1. The van der Waals surface area contributed by atoms with Crippen LogP contribution in [0.15, 0.2) is 0 Å². The molecule has 0 unspecified atom stereocenters. The van der Waals surface area contributed by atoms with Crippen molar-refractivity contribution in [2.24, 2.45) is 0 Å². The van der Waals surface area contributed by atoms with Gasteiger partial charge in [0.1, 0.15) is 0 Å². The second kappa shape index (κ2) is 4.42. The van der Waals surface area contributed by atoms with Crippen LogP contribution >= 0.6 is 0 Å². The van der Waals surface area contributed by atoms with E-state index >= 15 is 0 Å². The predicted octanol–water partition coefficient (Wildman–Crippen LogP) is -0.385. The largest absolute Gasteiger partial charge is 0.396 e. The molecular weight excluding hydrogens is 158 g/mol. The van der Waals surface area contributed by atoms with Crippen molar-refractivity contribution in [1.29, 1.82) is 0 Å². The number of morpholine rings is 1. The zero-order chi connectivity index (χ0) is 8.97. The second-order valence-electron chi connectivity index (χ2n) is 3.11. The first-order valence-corrected chi connectivity index (χ1v) is 4.21. The molecule has 1 heterocycles. The maximum absolute atomic E-state index is 10.6. The van der Waals surface area contributed by atoms with Gasteiger partial charge in [-0.25, -0.2) is 0 Å². The van der Waals surface area contributed by atoms with E-state index in [1.165, 1.54) is 0 Å². The number of hydrogen-bond donors (Lipinski definition) is 1. The van der Waals surface area contributed by atoms with Gasteiger partial charge in [-0.3, -0.25) is 4.79 Å². The summed E-state index contributed by atoms with van der Waals surface area (Å²) in [5, 5.41) is 8.70. The van der Waals surface area contributed by atoms with Crippen molar-refractivity contribution in [3.63, 3.8) is 0 Å². The first-order chi connectivity index (χ1) is 5.77. The van der Waals surface area contributed by atoms with Gasteiger partial charge in [-0.2, -0.15) is 0 Å². The van der Waals surface area contributed by atoms with Crippen molar-refractivity contribution < 1.29 is 14.6 Å². The number of aliphatic hydroxyl groups excluding tert-OH is 1. The average molecular weight is 173 g/mol. The van der Waals surface area contributed by atoms with Crippen LogP contribution in [-0.2, 0) is 9.53 Å². The smallest absolute Gasteiger partial charge is 0.210 e. The van der Waals surface area contributed by atoms with Crippen LogP contribution in [-0.4, -0.2) is 48.3 Å². The lowest BCUT2D eigenvalue weighted by Crippen LogP contribution is -2.48. The van der Waals surface area contributed by atoms with Gasteiger partial charge in [-0.1, -0.05) is 0 Å². The molecular formula is C8H15NO3. The molecule has 1 fully saturated rings. The average Bonchev–Trinajstić information content (AvgIpc) is 2.08. The van der Waals surface area contributed by atoms with Gasteiger partial charge in [0.25, 0.3) is 0 Å². The summed E-state index contributed by atoms with van der Waals surface area (Å²) in [6.45, 7) is 3.22. The Morgan fingerprint density at radius 2 is 2.50 bits per heavy atom. The Bertz CT molecular complexity index is 151. The molecule has 4 nitrogen and oxygen atoms in total. The zero-order valence-corrected chi connectivity index (χ0v) is 7.27. The zero-order valence-electron chi connectivity index (χ0n) is 7.27. The fraction of sp³-hybridized carbons (Fsp3) is 0.875. The Balaban J connectivity index is 2.44. The minimum Gasteiger partial charge on any atom is -0.396 e. The van der Waals surface area contributed by atoms with E-state index in [0.717, 1.165) is 6.41 Å². The van der Waals surface area contributed by atoms with Crippen LogP contribution in [0.4, 0.5) is 0 Å². The van der Waals surface area contributed by atoms with Gasteiger partial charge in [0.15, 0.2) is 0 Å². The van der Waals surface area contributed by atoms with Crippen LogP contribution in [0.3, 0.4) is 0 Å². The molecule has 0 radical (unpaired) electrons. The summed E-state index contributed by atoms with van der Waals surface area (Å²) in [5.41, 5.74) is 0. The first-order valence-electron chi connectivity index (χ1n) is 4.21. The summed E-state index contributed by atoms with van der Waals surface area (Å²) in [6.07, 6.45) is 1.55. The van der Waals surface area contributed by atoms with E-state index in [2.05, 4.69) is 0 Å². The molecule has 0 saturated carbocycles. The Labute approximate surface area is 72.1 Å². The molecule has 1 saturated heterocycles. The second-order valence-corrected chi connectivity index (χ2v) is 3.11. The van der Waals surface area contributed by atoms with Gasteiger partial charge < -0.3 is 14.7 Å². The van der Waals surface area contributed by atoms with Gasteiger partial charge >= 0.3 is 0 Å². The highest BCUT2D eigenvalue weighted by molar-refractivity contribution is 5.48. The number of rotatable bonds is 3. The number of carbonyl (C=O) groups excluding carboxylic acids is 1. The normalized spacial score (nSPS) is 30.3. The van der Waals surface area contributed by atoms with Crippen molar-refractivity contribution in [1.82, 2.24) is 4.90 Å². The van der Waals surface area contributed by atoms with Gasteiger partial charge in [-0.15, -0.1) is 0 Å². The molecule has 1 amide bonds. The number of ether oxygens (including phenoxy) is 1. The SMILES string of the molecule is C[C@H]1CN(C=O)[C@@H](CCO)CO1. The molecule has 12 heavy (non-hydrogen) atoms. The van der Waals surface area contributed by atoms with E-state index in [0.29, 0.717) is 19.6 Å². The Kier molecular flexibility index (Phi) is 3.49. The molecule has 1 rings (SSSR count). The highest BCUT2D eigenvalue weighted by atomic mass is 16.5. The van der Waals surface area contributed by atoms with Crippen molar-refractivity contribution in [2.75, 3.05) is 19.8 Å². The van der Waals surface area contributed by atoms with E-state index in [1.54, 1.807) is 4.90 Å². The van der Waals surface area contributed by atoms with Crippen LogP contribution in [0, 0.1) is 0 Å². The minimum absolute atomic E-state index is 0.0590. The third kappa shape index (κ3) is 2.19. The maximum Gasteiger partial charge on any atom is 0.210 e. The van der Waals surface area contributed by atoms with Gasteiger partial charge in [-0.05, 0) is 13.3 Å². The third-order valence-electron chi connectivity index (χ3n) is 2.11. The van der Waals surface area contributed by atoms with Crippen LogP contribution in [0.25, 0.3) is 0 Å².